The van der Waals surface area contributed by atoms with E-state index >= 15 is 0 Å². The van der Waals surface area contributed by atoms with Crippen LogP contribution in [0.1, 0.15) is 169 Å². The second-order valence-electron chi connectivity index (χ2n) is 13.2. The number of nitrogens with zero attached hydrogens (tertiary/aromatic N) is 6. The Bertz CT molecular complexity index is 1220. The van der Waals surface area contributed by atoms with Crippen LogP contribution in [0.25, 0.3) is 0 Å². The molecule has 3 aromatic heterocycles. The second-order valence-corrected chi connectivity index (χ2v) is 13.6. The summed E-state index contributed by atoms with van der Waals surface area (Å²) in [5, 5.41) is 14.6. The normalized spacial score (nSPS) is 18.9. The van der Waals surface area contributed by atoms with E-state index in [1.807, 2.05) is 6.92 Å². The molecule has 214 valence electrons. The van der Waals surface area contributed by atoms with Gasteiger partial charge in [-0.3, -0.25) is 14.0 Å². The highest BCUT2D eigenvalue weighted by molar-refractivity contribution is 6.32. The summed E-state index contributed by atoms with van der Waals surface area (Å²) in [4.78, 5) is 0. The SMILES string of the molecule is CC(C)n1nc(C2CC2)cc1C1CC1.Cc1cc(C2CC2)n(C(C)C)n1.Cc1nn(C(C)C)c(C2CC2)c1Cl. The minimum atomic E-state index is 0.418. The Morgan fingerprint density at radius 2 is 1.08 bits per heavy atom. The summed E-state index contributed by atoms with van der Waals surface area (Å²) in [5.74, 6) is 3.12. The van der Waals surface area contributed by atoms with Crippen LogP contribution in [0.5, 0.6) is 0 Å². The lowest BCUT2D eigenvalue weighted by Crippen LogP contribution is -2.06. The number of aromatic nitrogens is 6. The average molecular weight is 553 g/mol. The highest BCUT2D eigenvalue weighted by atomic mass is 35.5. The molecular weight excluding hydrogens is 504 g/mol. The molecule has 0 unspecified atom stereocenters. The van der Waals surface area contributed by atoms with E-state index < -0.39 is 0 Å². The molecule has 39 heavy (non-hydrogen) atoms. The molecule has 0 saturated heterocycles. The van der Waals surface area contributed by atoms with Gasteiger partial charge in [-0.1, -0.05) is 11.6 Å². The molecule has 7 rings (SSSR count). The lowest BCUT2D eigenvalue weighted by molar-refractivity contribution is 0.505. The molecule has 0 aliphatic heterocycles. The van der Waals surface area contributed by atoms with E-state index in [1.165, 1.54) is 74.1 Å². The first kappa shape index (κ1) is 28.4. The fourth-order valence-electron chi connectivity index (χ4n) is 5.40. The monoisotopic (exact) mass is 552 g/mol. The van der Waals surface area contributed by atoms with E-state index in [0.29, 0.717) is 24.0 Å². The minimum Gasteiger partial charge on any atom is -0.267 e. The van der Waals surface area contributed by atoms with Crippen molar-refractivity contribution >= 4 is 11.6 Å². The molecule has 4 aliphatic carbocycles. The Labute approximate surface area is 240 Å². The largest absolute Gasteiger partial charge is 0.267 e. The number of aryl methyl sites for hydroxylation is 2. The maximum absolute atomic E-state index is 6.21. The smallest absolute Gasteiger partial charge is 0.0850 e. The molecule has 0 aromatic carbocycles. The molecule has 0 radical (unpaired) electrons. The highest BCUT2D eigenvalue weighted by Crippen LogP contribution is 2.46. The van der Waals surface area contributed by atoms with E-state index in [-0.39, 0.29) is 0 Å². The third-order valence-electron chi connectivity index (χ3n) is 8.14. The molecule has 6 nitrogen and oxygen atoms in total. The van der Waals surface area contributed by atoms with Gasteiger partial charge in [0.1, 0.15) is 0 Å². The van der Waals surface area contributed by atoms with E-state index in [1.54, 1.807) is 0 Å². The molecule has 0 N–H and O–H groups in total. The van der Waals surface area contributed by atoms with Crippen molar-refractivity contribution < 1.29 is 0 Å². The molecule has 4 aliphatic rings. The summed E-state index contributed by atoms with van der Waals surface area (Å²) >= 11 is 6.21. The van der Waals surface area contributed by atoms with Crippen LogP contribution in [0.2, 0.25) is 5.02 Å². The van der Waals surface area contributed by atoms with Gasteiger partial charge in [0.05, 0.1) is 27.8 Å². The molecule has 3 aromatic rings. The van der Waals surface area contributed by atoms with Gasteiger partial charge < -0.3 is 0 Å². The van der Waals surface area contributed by atoms with Gasteiger partial charge in [0.2, 0.25) is 0 Å². The van der Waals surface area contributed by atoms with E-state index in [4.69, 9.17) is 16.7 Å². The van der Waals surface area contributed by atoms with Gasteiger partial charge in [0.15, 0.2) is 0 Å². The summed E-state index contributed by atoms with van der Waals surface area (Å²) in [5.41, 5.74) is 7.70. The number of halogens is 1. The fourth-order valence-corrected chi connectivity index (χ4v) is 5.68. The third kappa shape index (κ3) is 6.81. The minimum absolute atomic E-state index is 0.418. The quantitative estimate of drug-likeness (QED) is 0.293. The lowest BCUT2D eigenvalue weighted by atomic mass is 10.2. The Morgan fingerprint density at radius 1 is 0.615 bits per heavy atom. The maximum atomic E-state index is 6.21. The van der Waals surface area contributed by atoms with Gasteiger partial charge in [-0.15, -0.1) is 0 Å². The van der Waals surface area contributed by atoms with Crippen LogP contribution in [-0.2, 0) is 0 Å². The molecule has 0 amide bonds. The molecule has 0 atom stereocenters. The summed E-state index contributed by atoms with van der Waals surface area (Å²) in [6.45, 7) is 17.2. The van der Waals surface area contributed by atoms with Crippen molar-refractivity contribution in [1.29, 1.82) is 0 Å². The van der Waals surface area contributed by atoms with Crippen molar-refractivity contribution in [3.05, 3.63) is 51.3 Å². The predicted molar refractivity (Wildman–Crippen MR) is 160 cm³/mol. The van der Waals surface area contributed by atoms with Crippen LogP contribution in [0, 0.1) is 13.8 Å². The summed E-state index contributed by atoms with van der Waals surface area (Å²) in [6.07, 6.45) is 10.7. The van der Waals surface area contributed by atoms with Crippen LogP contribution in [-0.4, -0.2) is 29.3 Å². The second kappa shape index (κ2) is 11.4. The topological polar surface area (TPSA) is 53.5 Å². The molecule has 3 heterocycles. The Hall–Kier alpha value is -2.08. The summed E-state index contributed by atoms with van der Waals surface area (Å²) in [6, 6.07) is 6.06. The van der Waals surface area contributed by atoms with Crippen molar-refractivity contribution in [1.82, 2.24) is 29.3 Å². The predicted octanol–water partition coefficient (Wildman–Crippen LogP) is 9.17. The van der Waals surface area contributed by atoms with Crippen molar-refractivity contribution in [2.45, 2.75) is 149 Å². The lowest BCUT2D eigenvalue weighted by Gasteiger charge is -2.09. The van der Waals surface area contributed by atoms with Crippen molar-refractivity contribution in [3.63, 3.8) is 0 Å². The van der Waals surface area contributed by atoms with Crippen molar-refractivity contribution in [2.75, 3.05) is 0 Å². The van der Waals surface area contributed by atoms with Gasteiger partial charge in [0.25, 0.3) is 0 Å². The van der Waals surface area contributed by atoms with E-state index in [9.17, 15) is 0 Å². The molecule has 7 heteroatoms. The Morgan fingerprint density at radius 3 is 1.54 bits per heavy atom. The summed E-state index contributed by atoms with van der Waals surface area (Å²) in [7, 11) is 0. The van der Waals surface area contributed by atoms with Gasteiger partial charge in [0, 0.05) is 53.2 Å². The van der Waals surface area contributed by atoms with Crippen LogP contribution in [0.15, 0.2) is 12.1 Å². The number of hydrogen-bond donors (Lipinski definition) is 0. The average Bonchev–Trinajstić information content (AvgIpc) is 3.71. The summed E-state index contributed by atoms with van der Waals surface area (Å²) < 4.78 is 6.51. The fraction of sp³-hybridized carbons (Fsp3) is 0.719. The molecule has 4 saturated carbocycles. The zero-order valence-electron chi connectivity index (χ0n) is 25.4. The van der Waals surface area contributed by atoms with Gasteiger partial charge in [-0.25, -0.2) is 0 Å². The standard InChI is InChI=1S/C12H18N2.C10H15ClN2.C10H16N2/c1-8(2)14-12(10-5-6-10)7-11(13-14)9-3-4-9;1-6(2)13-10(8-4-5-8)9(11)7(3)12-13;1-7(2)12-10(9-4-5-9)6-8(3)11-12/h7-10H,3-6H2,1-2H3;6,8H,4-5H2,1-3H3;6-7,9H,4-5H2,1-3H3. The first-order valence-electron chi connectivity index (χ1n) is 15.4. The van der Waals surface area contributed by atoms with Crippen LogP contribution < -0.4 is 0 Å². The van der Waals surface area contributed by atoms with Crippen LogP contribution in [0.3, 0.4) is 0 Å². The first-order valence-corrected chi connectivity index (χ1v) is 15.8. The van der Waals surface area contributed by atoms with Gasteiger partial charge in [-0.05, 0) is 119 Å². The Balaban J connectivity index is 0.000000119. The third-order valence-corrected chi connectivity index (χ3v) is 8.60. The highest BCUT2D eigenvalue weighted by Gasteiger charge is 2.33. The molecule has 0 spiro atoms. The molecule has 0 bridgehead atoms. The molecule has 4 fully saturated rings. The van der Waals surface area contributed by atoms with Gasteiger partial charge in [-0.2, -0.15) is 15.3 Å². The number of rotatable bonds is 7. The van der Waals surface area contributed by atoms with Crippen molar-refractivity contribution in [2.24, 2.45) is 0 Å². The zero-order valence-corrected chi connectivity index (χ0v) is 26.2. The van der Waals surface area contributed by atoms with E-state index in [0.717, 1.165) is 34.2 Å². The maximum Gasteiger partial charge on any atom is 0.0850 e. The van der Waals surface area contributed by atoms with E-state index in [2.05, 4.69) is 84.8 Å². The molecular formula is C32H49ClN6. The number of hydrogen-bond acceptors (Lipinski definition) is 3. The zero-order chi connectivity index (χ0) is 28.0. The first-order chi connectivity index (χ1) is 18.5. The van der Waals surface area contributed by atoms with Gasteiger partial charge >= 0.3 is 0 Å². The van der Waals surface area contributed by atoms with Crippen LogP contribution in [0.4, 0.5) is 0 Å². The van der Waals surface area contributed by atoms with Crippen LogP contribution >= 0.6 is 11.6 Å². The Kier molecular flexibility index (Phi) is 8.33. The van der Waals surface area contributed by atoms with Crippen molar-refractivity contribution in [3.8, 4) is 0 Å².